The molecule has 102 valence electrons. The van der Waals surface area contributed by atoms with Crippen molar-refractivity contribution in [2.24, 2.45) is 5.73 Å². The molecule has 1 nitrogen and oxygen atoms in total. The number of benzene rings is 1. The first-order chi connectivity index (χ1) is 9.17. The van der Waals surface area contributed by atoms with Crippen LogP contribution in [0.1, 0.15) is 34.2 Å². The van der Waals surface area contributed by atoms with Gasteiger partial charge in [0.15, 0.2) is 0 Å². The second-order valence-electron chi connectivity index (χ2n) is 5.21. The van der Waals surface area contributed by atoms with E-state index in [0.29, 0.717) is 0 Å². The molecule has 0 aliphatic rings. The van der Waals surface area contributed by atoms with Gasteiger partial charge in [-0.2, -0.15) is 0 Å². The number of thiophene rings is 1. The lowest BCUT2D eigenvalue weighted by molar-refractivity contribution is 0.615. The molecule has 2 N–H and O–H groups in total. The van der Waals surface area contributed by atoms with Crippen LogP contribution in [-0.4, -0.2) is 6.04 Å². The Morgan fingerprint density at radius 2 is 1.74 bits per heavy atom. The van der Waals surface area contributed by atoms with Gasteiger partial charge in [-0.1, -0.05) is 36.8 Å². The molecule has 1 aromatic carbocycles. The number of rotatable bonds is 6. The van der Waals surface area contributed by atoms with Gasteiger partial charge in [0.1, 0.15) is 0 Å². The van der Waals surface area contributed by atoms with Crippen molar-refractivity contribution < 1.29 is 0 Å². The monoisotopic (exact) mass is 273 g/mol. The van der Waals surface area contributed by atoms with E-state index in [1.807, 2.05) is 11.3 Å². The summed E-state index contributed by atoms with van der Waals surface area (Å²) in [6.07, 6.45) is 4.27. The van der Waals surface area contributed by atoms with Crippen LogP contribution in [0.15, 0.2) is 36.4 Å². The fourth-order valence-corrected chi connectivity index (χ4v) is 3.24. The van der Waals surface area contributed by atoms with Gasteiger partial charge in [-0.3, -0.25) is 0 Å². The fourth-order valence-electron chi connectivity index (χ4n) is 2.19. The predicted octanol–water partition coefficient (Wildman–Crippen LogP) is 4.12. The summed E-state index contributed by atoms with van der Waals surface area (Å²) in [6.45, 7) is 4.32. The molecule has 2 aromatic rings. The summed E-state index contributed by atoms with van der Waals surface area (Å²) in [5, 5.41) is 0. The largest absolute Gasteiger partial charge is 0.327 e. The van der Waals surface area contributed by atoms with E-state index in [1.165, 1.54) is 20.9 Å². The maximum Gasteiger partial charge on any atom is 0.00903 e. The number of nitrogens with two attached hydrogens (primary N) is 1. The molecule has 0 saturated carbocycles. The highest BCUT2D eigenvalue weighted by molar-refractivity contribution is 7.11. The lowest BCUT2D eigenvalue weighted by Gasteiger charge is -2.10. The van der Waals surface area contributed by atoms with Crippen molar-refractivity contribution in [3.05, 3.63) is 57.3 Å². The second-order valence-corrected chi connectivity index (χ2v) is 6.46. The van der Waals surface area contributed by atoms with Gasteiger partial charge in [0, 0.05) is 15.8 Å². The molecular formula is C17H23NS. The van der Waals surface area contributed by atoms with Crippen molar-refractivity contribution >= 4 is 11.3 Å². The van der Waals surface area contributed by atoms with E-state index in [1.54, 1.807) is 0 Å². The molecule has 0 radical (unpaired) electrons. The average Bonchev–Trinajstić information content (AvgIpc) is 2.86. The Kier molecular flexibility index (Phi) is 5.17. The van der Waals surface area contributed by atoms with Crippen LogP contribution >= 0.6 is 11.3 Å². The van der Waals surface area contributed by atoms with Gasteiger partial charge in [-0.05, 0) is 50.3 Å². The zero-order valence-corrected chi connectivity index (χ0v) is 12.7. The molecule has 1 atom stereocenters. The van der Waals surface area contributed by atoms with E-state index >= 15 is 0 Å². The SMILES string of the molecule is CCc1ccc(CC(N)CCc2ccc(C)cc2)s1. The van der Waals surface area contributed by atoms with E-state index in [9.17, 15) is 0 Å². The molecule has 1 aromatic heterocycles. The predicted molar refractivity (Wildman–Crippen MR) is 84.9 cm³/mol. The van der Waals surface area contributed by atoms with E-state index in [-0.39, 0.29) is 6.04 Å². The van der Waals surface area contributed by atoms with E-state index < -0.39 is 0 Å². The highest BCUT2D eigenvalue weighted by Crippen LogP contribution is 2.19. The van der Waals surface area contributed by atoms with Crippen LogP contribution in [0.4, 0.5) is 0 Å². The summed E-state index contributed by atoms with van der Waals surface area (Å²) in [4.78, 5) is 2.88. The summed E-state index contributed by atoms with van der Waals surface area (Å²) in [5.74, 6) is 0. The van der Waals surface area contributed by atoms with Crippen molar-refractivity contribution in [3.8, 4) is 0 Å². The van der Waals surface area contributed by atoms with E-state index in [0.717, 1.165) is 25.7 Å². The molecule has 2 heteroatoms. The fraction of sp³-hybridized carbons (Fsp3) is 0.412. The minimum atomic E-state index is 0.268. The molecule has 2 rings (SSSR count). The van der Waals surface area contributed by atoms with Crippen LogP contribution in [0.3, 0.4) is 0 Å². The Balaban J connectivity index is 1.81. The van der Waals surface area contributed by atoms with Crippen LogP contribution < -0.4 is 5.73 Å². The third-order valence-electron chi connectivity index (χ3n) is 3.45. The zero-order chi connectivity index (χ0) is 13.7. The van der Waals surface area contributed by atoms with Gasteiger partial charge >= 0.3 is 0 Å². The Morgan fingerprint density at radius 3 is 2.37 bits per heavy atom. The van der Waals surface area contributed by atoms with Crippen molar-refractivity contribution in [1.29, 1.82) is 0 Å². The molecule has 0 saturated heterocycles. The lowest BCUT2D eigenvalue weighted by atomic mass is 10.0. The van der Waals surface area contributed by atoms with Gasteiger partial charge in [-0.25, -0.2) is 0 Å². The van der Waals surface area contributed by atoms with E-state index in [2.05, 4.69) is 50.2 Å². The zero-order valence-electron chi connectivity index (χ0n) is 11.9. The first-order valence-electron chi connectivity index (χ1n) is 7.06. The van der Waals surface area contributed by atoms with Crippen molar-refractivity contribution in [2.45, 2.75) is 45.6 Å². The van der Waals surface area contributed by atoms with Gasteiger partial charge in [-0.15, -0.1) is 11.3 Å². The topological polar surface area (TPSA) is 26.0 Å². The lowest BCUT2D eigenvalue weighted by Crippen LogP contribution is -2.23. The van der Waals surface area contributed by atoms with Crippen LogP contribution in [0, 0.1) is 6.92 Å². The maximum absolute atomic E-state index is 6.24. The third-order valence-corrected chi connectivity index (χ3v) is 4.71. The molecule has 1 unspecified atom stereocenters. The summed E-state index contributed by atoms with van der Waals surface area (Å²) in [5.41, 5.74) is 8.95. The Morgan fingerprint density at radius 1 is 1.05 bits per heavy atom. The molecule has 0 fully saturated rings. The average molecular weight is 273 g/mol. The van der Waals surface area contributed by atoms with Crippen LogP contribution in [0.2, 0.25) is 0 Å². The van der Waals surface area contributed by atoms with E-state index in [4.69, 9.17) is 5.73 Å². The molecule has 19 heavy (non-hydrogen) atoms. The Hall–Kier alpha value is -1.12. The number of hydrogen-bond donors (Lipinski definition) is 1. The Bertz CT molecular complexity index is 498. The van der Waals surface area contributed by atoms with Crippen molar-refractivity contribution in [3.63, 3.8) is 0 Å². The molecular weight excluding hydrogens is 250 g/mol. The summed E-state index contributed by atoms with van der Waals surface area (Å²) < 4.78 is 0. The highest BCUT2D eigenvalue weighted by Gasteiger charge is 2.07. The van der Waals surface area contributed by atoms with Crippen LogP contribution in [0.25, 0.3) is 0 Å². The normalized spacial score (nSPS) is 12.6. The summed E-state index contributed by atoms with van der Waals surface area (Å²) in [6, 6.07) is 13.5. The van der Waals surface area contributed by atoms with Gasteiger partial charge in [0.2, 0.25) is 0 Å². The number of aryl methyl sites for hydroxylation is 3. The molecule has 0 aliphatic heterocycles. The standard InChI is InChI=1S/C17H23NS/c1-3-16-10-11-17(19-16)12-15(18)9-8-14-6-4-13(2)5-7-14/h4-7,10-11,15H,3,8-9,12,18H2,1-2H3. The molecule has 0 amide bonds. The first-order valence-corrected chi connectivity index (χ1v) is 7.87. The first kappa shape index (κ1) is 14.3. The molecule has 0 aliphatic carbocycles. The Labute approximate surface area is 120 Å². The number of hydrogen-bond acceptors (Lipinski definition) is 2. The van der Waals surface area contributed by atoms with Crippen molar-refractivity contribution in [2.75, 3.05) is 0 Å². The van der Waals surface area contributed by atoms with Crippen LogP contribution in [-0.2, 0) is 19.3 Å². The smallest absolute Gasteiger partial charge is 0.00903 e. The molecule has 0 spiro atoms. The quantitative estimate of drug-likeness (QED) is 0.841. The van der Waals surface area contributed by atoms with Crippen LogP contribution in [0.5, 0.6) is 0 Å². The third kappa shape index (κ3) is 4.48. The minimum absolute atomic E-state index is 0.268. The second kappa shape index (κ2) is 6.88. The highest BCUT2D eigenvalue weighted by atomic mass is 32.1. The summed E-state index contributed by atoms with van der Waals surface area (Å²) >= 11 is 1.90. The van der Waals surface area contributed by atoms with Gasteiger partial charge < -0.3 is 5.73 Å². The molecule has 0 bridgehead atoms. The van der Waals surface area contributed by atoms with Gasteiger partial charge in [0.25, 0.3) is 0 Å². The summed E-state index contributed by atoms with van der Waals surface area (Å²) in [7, 11) is 0. The van der Waals surface area contributed by atoms with Crippen molar-refractivity contribution in [1.82, 2.24) is 0 Å². The molecule has 1 heterocycles. The van der Waals surface area contributed by atoms with Gasteiger partial charge in [0.05, 0.1) is 0 Å². The maximum atomic E-state index is 6.24. The minimum Gasteiger partial charge on any atom is -0.327 e.